The van der Waals surface area contributed by atoms with Crippen molar-refractivity contribution in [1.82, 2.24) is 5.32 Å². The number of carbonyl (C=O) groups excluding carboxylic acids is 3. The summed E-state index contributed by atoms with van der Waals surface area (Å²) < 4.78 is 6.68. The fourth-order valence-corrected chi connectivity index (χ4v) is 4.31. The van der Waals surface area contributed by atoms with Crippen LogP contribution in [0.4, 0.5) is 10.5 Å². The van der Waals surface area contributed by atoms with Gasteiger partial charge in [0.15, 0.2) is 0 Å². The Morgan fingerprint density at radius 1 is 1.00 bits per heavy atom. The fourth-order valence-electron chi connectivity index (χ4n) is 3.61. The number of nitrogens with zero attached hydrogens (tertiary/aromatic N) is 1. The van der Waals surface area contributed by atoms with E-state index in [-0.39, 0.29) is 12.2 Å². The molecule has 0 spiro atoms. The van der Waals surface area contributed by atoms with Crippen molar-refractivity contribution in [2.45, 2.75) is 20.0 Å². The van der Waals surface area contributed by atoms with E-state index < -0.39 is 17.8 Å². The van der Waals surface area contributed by atoms with Crippen LogP contribution in [0.25, 0.3) is 6.08 Å². The second-order valence-corrected chi connectivity index (χ2v) is 9.39. The molecule has 0 aromatic heterocycles. The SMILES string of the molecule is CCc1ccccc1N1C(=O)NC(=O)/C(=C/c2cc(Br)ccc2OCc2ccc(Cl)c(Cl)c2)C1=O. The maximum absolute atomic E-state index is 13.4. The summed E-state index contributed by atoms with van der Waals surface area (Å²) >= 11 is 15.5. The Balaban J connectivity index is 1.68. The molecule has 6 nitrogen and oxygen atoms in total. The van der Waals surface area contributed by atoms with Gasteiger partial charge in [-0.3, -0.25) is 14.9 Å². The number of hydrogen-bond acceptors (Lipinski definition) is 4. The van der Waals surface area contributed by atoms with E-state index in [0.717, 1.165) is 20.5 Å². The first kappa shape index (κ1) is 25.0. The van der Waals surface area contributed by atoms with Crippen molar-refractivity contribution < 1.29 is 19.1 Å². The van der Waals surface area contributed by atoms with Crippen molar-refractivity contribution in [3.05, 3.63) is 97.4 Å². The third kappa shape index (κ3) is 5.42. The number of anilines is 1. The highest BCUT2D eigenvalue weighted by Gasteiger charge is 2.37. The minimum absolute atomic E-state index is 0.184. The van der Waals surface area contributed by atoms with Gasteiger partial charge in [0.05, 0.1) is 15.7 Å². The van der Waals surface area contributed by atoms with Crippen molar-refractivity contribution in [1.29, 1.82) is 0 Å². The van der Waals surface area contributed by atoms with Crippen LogP contribution < -0.4 is 15.0 Å². The molecule has 1 fully saturated rings. The molecule has 1 N–H and O–H groups in total. The van der Waals surface area contributed by atoms with Crippen LogP contribution in [0.15, 0.2) is 70.7 Å². The van der Waals surface area contributed by atoms with Crippen LogP contribution in [0.3, 0.4) is 0 Å². The molecule has 4 rings (SSSR count). The van der Waals surface area contributed by atoms with Crippen LogP contribution in [0, 0.1) is 0 Å². The largest absolute Gasteiger partial charge is 0.488 e. The molecule has 1 aliphatic heterocycles. The highest BCUT2D eigenvalue weighted by atomic mass is 79.9. The normalized spacial score (nSPS) is 14.9. The number of rotatable bonds is 6. The Morgan fingerprint density at radius 2 is 1.77 bits per heavy atom. The second kappa shape index (κ2) is 10.6. The van der Waals surface area contributed by atoms with Crippen LogP contribution in [0.2, 0.25) is 10.0 Å². The zero-order valence-electron chi connectivity index (χ0n) is 18.5. The van der Waals surface area contributed by atoms with E-state index in [2.05, 4.69) is 21.2 Å². The van der Waals surface area contributed by atoms with Gasteiger partial charge >= 0.3 is 6.03 Å². The molecule has 1 saturated heterocycles. The molecular weight excluding hydrogens is 555 g/mol. The van der Waals surface area contributed by atoms with Gasteiger partial charge < -0.3 is 4.74 Å². The van der Waals surface area contributed by atoms with Gasteiger partial charge in [0.2, 0.25) is 0 Å². The molecule has 35 heavy (non-hydrogen) atoms. The van der Waals surface area contributed by atoms with Crippen LogP contribution in [-0.4, -0.2) is 17.8 Å². The summed E-state index contributed by atoms with van der Waals surface area (Å²) in [5, 5.41) is 3.11. The summed E-state index contributed by atoms with van der Waals surface area (Å²) in [4.78, 5) is 39.6. The number of urea groups is 1. The Labute approximate surface area is 220 Å². The lowest BCUT2D eigenvalue weighted by Gasteiger charge is -2.28. The molecule has 0 aliphatic carbocycles. The summed E-state index contributed by atoms with van der Waals surface area (Å²) in [6.07, 6.45) is 2.03. The maximum Gasteiger partial charge on any atom is 0.335 e. The van der Waals surface area contributed by atoms with Crippen LogP contribution >= 0.6 is 39.1 Å². The number of ether oxygens (including phenoxy) is 1. The number of imide groups is 2. The minimum atomic E-state index is -0.789. The Kier molecular flexibility index (Phi) is 7.60. The van der Waals surface area contributed by atoms with Crippen molar-refractivity contribution in [2.75, 3.05) is 4.90 Å². The van der Waals surface area contributed by atoms with Gasteiger partial charge in [0.1, 0.15) is 17.9 Å². The first-order valence-corrected chi connectivity index (χ1v) is 12.2. The Bertz CT molecular complexity index is 1370. The lowest BCUT2D eigenvalue weighted by molar-refractivity contribution is -0.122. The number of carbonyl (C=O) groups is 3. The standard InChI is InChI=1S/C26H19BrCl2N2O4/c1-2-16-5-3-4-6-22(16)31-25(33)19(24(32)30-26(31)34)13-17-12-18(27)8-10-23(17)35-14-15-7-9-20(28)21(29)11-15/h3-13H,2,14H2,1H3,(H,30,32,34)/b19-13-. The van der Waals surface area contributed by atoms with Crippen molar-refractivity contribution in [3.63, 3.8) is 0 Å². The van der Waals surface area contributed by atoms with Gasteiger partial charge in [0, 0.05) is 10.0 Å². The quantitative estimate of drug-likeness (QED) is 0.267. The highest BCUT2D eigenvalue weighted by molar-refractivity contribution is 9.10. The molecular formula is C26H19BrCl2N2O4. The molecule has 3 aromatic rings. The molecule has 3 aromatic carbocycles. The van der Waals surface area contributed by atoms with E-state index in [1.54, 1.807) is 48.5 Å². The van der Waals surface area contributed by atoms with Crippen LogP contribution in [-0.2, 0) is 22.6 Å². The number of benzene rings is 3. The Morgan fingerprint density at radius 3 is 2.51 bits per heavy atom. The second-order valence-electron chi connectivity index (χ2n) is 7.66. The van der Waals surface area contributed by atoms with Gasteiger partial charge in [-0.2, -0.15) is 0 Å². The summed E-state index contributed by atoms with van der Waals surface area (Å²) in [5.74, 6) is -1.06. The lowest BCUT2D eigenvalue weighted by atomic mass is 10.0. The minimum Gasteiger partial charge on any atom is -0.488 e. The van der Waals surface area contributed by atoms with Gasteiger partial charge in [0.25, 0.3) is 11.8 Å². The highest BCUT2D eigenvalue weighted by Crippen LogP contribution is 2.30. The smallest absolute Gasteiger partial charge is 0.335 e. The van der Waals surface area contributed by atoms with Crippen molar-refractivity contribution in [3.8, 4) is 5.75 Å². The van der Waals surface area contributed by atoms with E-state index in [9.17, 15) is 14.4 Å². The third-order valence-electron chi connectivity index (χ3n) is 5.37. The molecule has 0 radical (unpaired) electrons. The predicted octanol–water partition coefficient (Wildman–Crippen LogP) is 6.56. The van der Waals surface area contributed by atoms with Crippen molar-refractivity contribution >= 4 is 68.7 Å². The number of halogens is 3. The number of aryl methyl sites for hydroxylation is 1. The van der Waals surface area contributed by atoms with E-state index in [1.807, 2.05) is 19.1 Å². The average Bonchev–Trinajstić information content (AvgIpc) is 2.83. The topological polar surface area (TPSA) is 75.7 Å². The molecule has 1 aliphatic rings. The van der Waals surface area contributed by atoms with Crippen molar-refractivity contribution in [2.24, 2.45) is 0 Å². The van der Waals surface area contributed by atoms with Crippen LogP contribution in [0.5, 0.6) is 5.75 Å². The molecule has 0 unspecified atom stereocenters. The number of amides is 4. The number of barbiturate groups is 1. The molecule has 1 heterocycles. The summed E-state index contributed by atoms with van der Waals surface area (Å²) in [6, 6.07) is 16.7. The third-order valence-corrected chi connectivity index (χ3v) is 6.60. The Hall–Kier alpha value is -3.13. The van der Waals surface area contributed by atoms with E-state index >= 15 is 0 Å². The molecule has 9 heteroatoms. The molecule has 0 atom stereocenters. The number of hydrogen-bond donors (Lipinski definition) is 1. The maximum atomic E-state index is 13.4. The molecule has 4 amide bonds. The summed E-state index contributed by atoms with van der Waals surface area (Å²) in [6.45, 7) is 2.11. The summed E-state index contributed by atoms with van der Waals surface area (Å²) in [5.41, 5.74) is 2.32. The van der Waals surface area contributed by atoms with E-state index in [0.29, 0.717) is 33.5 Å². The first-order valence-electron chi connectivity index (χ1n) is 10.6. The summed E-state index contributed by atoms with van der Waals surface area (Å²) in [7, 11) is 0. The zero-order valence-corrected chi connectivity index (χ0v) is 21.6. The first-order chi connectivity index (χ1) is 16.8. The van der Waals surface area contributed by atoms with Gasteiger partial charge in [-0.15, -0.1) is 0 Å². The average molecular weight is 574 g/mol. The van der Waals surface area contributed by atoms with E-state index in [4.69, 9.17) is 27.9 Å². The van der Waals surface area contributed by atoms with Gasteiger partial charge in [-0.1, -0.05) is 70.3 Å². The molecule has 178 valence electrons. The fraction of sp³-hybridized carbons (Fsp3) is 0.115. The van der Waals surface area contributed by atoms with Gasteiger partial charge in [-0.05, 0) is 60.0 Å². The van der Waals surface area contributed by atoms with E-state index in [1.165, 1.54) is 6.08 Å². The predicted molar refractivity (Wildman–Crippen MR) is 140 cm³/mol. The molecule has 0 bridgehead atoms. The van der Waals surface area contributed by atoms with Gasteiger partial charge in [-0.25, -0.2) is 9.69 Å². The monoisotopic (exact) mass is 572 g/mol. The zero-order chi connectivity index (χ0) is 25.1. The van der Waals surface area contributed by atoms with Crippen LogP contribution in [0.1, 0.15) is 23.6 Å². The number of nitrogens with one attached hydrogen (secondary N) is 1. The lowest BCUT2D eigenvalue weighted by Crippen LogP contribution is -2.54. The number of para-hydroxylation sites is 1. The molecule has 0 saturated carbocycles.